The van der Waals surface area contributed by atoms with Crippen molar-refractivity contribution in [2.24, 2.45) is 10.9 Å². The fourth-order valence-electron chi connectivity index (χ4n) is 2.65. The first-order valence-electron chi connectivity index (χ1n) is 6.30. The van der Waals surface area contributed by atoms with Gasteiger partial charge in [-0.15, -0.1) is 0 Å². The Bertz CT molecular complexity index is 258. The van der Waals surface area contributed by atoms with Gasteiger partial charge in [0.15, 0.2) is 5.84 Å². The van der Waals surface area contributed by atoms with E-state index in [4.69, 9.17) is 15.7 Å². The number of nitrogens with two attached hydrogens (primary N) is 1. The summed E-state index contributed by atoms with van der Waals surface area (Å²) < 4.78 is 5.37. The van der Waals surface area contributed by atoms with Crippen molar-refractivity contribution in [1.29, 1.82) is 0 Å². The van der Waals surface area contributed by atoms with Crippen molar-refractivity contribution in [3.8, 4) is 0 Å². The maximum atomic E-state index is 8.54. The van der Waals surface area contributed by atoms with Crippen LogP contribution in [0.15, 0.2) is 5.16 Å². The van der Waals surface area contributed by atoms with Gasteiger partial charge in [0.25, 0.3) is 0 Å². The molecule has 3 N–H and O–H groups in total. The van der Waals surface area contributed by atoms with Crippen molar-refractivity contribution < 1.29 is 9.94 Å². The summed E-state index contributed by atoms with van der Waals surface area (Å²) in [4.78, 5) is 4.77. The molecule has 0 aromatic rings. The number of oxime groups is 1. The smallest absolute Gasteiger partial charge is 0.153 e. The van der Waals surface area contributed by atoms with E-state index in [2.05, 4.69) is 15.0 Å². The Hall–Kier alpha value is -0.850. The van der Waals surface area contributed by atoms with Crippen LogP contribution in [-0.2, 0) is 4.74 Å². The second kappa shape index (κ2) is 6.18. The van der Waals surface area contributed by atoms with Gasteiger partial charge in [-0.1, -0.05) is 5.16 Å². The van der Waals surface area contributed by atoms with E-state index in [1.54, 1.807) is 0 Å². The first kappa shape index (κ1) is 12.6. The van der Waals surface area contributed by atoms with Crippen LogP contribution < -0.4 is 5.73 Å². The van der Waals surface area contributed by atoms with Crippen LogP contribution in [0.2, 0.25) is 0 Å². The predicted octanol–water partition coefficient (Wildman–Crippen LogP) is -0.471. The van der Waals surface area contributed by atoms with Crippen LogP contribution in [0.5, 0.6) is 0 Å². The Morgan fingerprint density at radius 1 is 1.24 bits per heavy atom. The summed E-state index contributed by atoms with van der Waals surface area (Å²) in [7, 11) is 0. The maximum Gasteiger partial charge on any atom is 0.153 e. The Morgan fingerprint density at radius 3 is 2.47 bits per heavy atom. The van der Waals surface area contributed by atoms with Gasteiger partial charge in [-0.2, -0.15) is 0 Å². The average molecular weight is 242 g/mol. The molecule has 0 saturated carbocycles. The highest BCUT2D eigenvalue weighted by Crippen LogP contribution is 2.17. The molecule has 2 rings (SSSR count). The summed E-state index contributed by atoms with van der Waals surface area (Å²) in [5.41, 5.74) is 5.51. The van der Waals surface area contributed by atoms with Gasteiger partial charge in [0.2, 0.25) is 0 Å². The van der Waals surface area contributed by atoms with Gasteiger partial charge >= 0.3 is 0 Å². The Morgan fingerprint density at radius 2 is 1.88 bits per heavy atom. The number of nitrogens with zero attached hydrogens (tertiary/aromatic N) is 3. The zero-order valence-corrected chi connectivity index (χ0v) is 10.2. The Balaban J connectivity index is 1.73. The van der Waals surface area contributed by atoms with Crippen molar-refractivity contribution in [3.05, 3.63) is 0 Å². The molecule has 17 heavy (non-hydrogen) atoms. The summed E-state index contributed by atoms with van der Waals surface area (Å²) in [5.74, 6) is 0.301. The standard InChI is InChI=1S/C11H22N4O2/c12-11(13-16)9-14-3-1-10(2-4-14)15-5-7-17-8-6-15/h10,16H,1-9H2,(H2,12,13). The lowest BCUT2D eigenvalue weighted by molar-refractivity contribution is 0.00206. The fraction of sp³-hybridized carbons (Fsp3) is 0.909. The zero-order chi connectivity index (χ0) is 12.1. The SMILES string of the molecule is N/C(CN1CCC(N2CCOCC2)CC1)=N\O. The van der Waals surface area contributed by atoms with E-state index in [9.17, 15) is 0 Å². The van der Waals surface area contributed by atoms with E-state index in [1.807, 2.05) is 0 Å². The summed E-state index contributed by atoms with van der Waals surface area (Å²) in [5, 5.41) is 11.6. The third kappa shape index (κ3) is 3.55. The van der Waals surface area contributed by atoms with E-state index in [-0.39, 0.29) is 0 Å². The molecule has 6 heteroatoms. The minimum absolute atomic E-state index is 0.301. The molecule has 0 aromatic heterocycles. The van der Waals surface area contributed by atoms with Crippen molar-refractivity contribution in [2.75, 3.05) is 45.9 Å². The highest BCUT2D eigenvalue weighted by Gasteiger charge is 2.25. The van der Waals surface area contributed by atoms with Gasteiger partial charge in [0.1, 0.15) is 0 Å². The van der Waals surface area contributed by atoms with Crippen molar-refractivity contribution in [3.63, 3.8) is 0 Å². The number of likely N-dealkylation sites (tertiary alicyclic amines) is 1. The maximum absolute atomic E-state index is 8.54. The first-order valence-corrected chi connectivity index (χ1v) is 6.30. The quantitative estimate of drug-likeness (QED) is 0.303. The molecule has 2 aliphatic rings. The lowest BCUT2D eigenvalue weighted by Gasteiger charge is -2.39. The van der Waals surface area contributed by atoms with Crippen molar-refractivity contribution in [2.45, 2.75) is 18.9 Å². The minimum atomic E-state index is 0.301. The van der Waals surface area contributed by atoms with Crippen LogP contribution in [0.4, 0.5) is 0 Å². The second-order valence-electron chi connectivity index (χ2n) is 4.75. The number of piperidine rings is 1. The highest BCUT2D eigenvalue weighted by molar-refractivity contribution is 5.81. The van der Waals surface area contributed by atoms with Gasteiger partial charge < -0.3 is 15.7 Å². The molecule has 0 amide bonds. The number of rotatable bonds is 3. The number of ether oxygens (including phenoxy) is 1. The number of morpholine rings is 1. The van der Waals surface area contributed by atoms with E-state index < -0.39 is 0 Å². The van der Waals surface area contributed by atoms with Crippen LogP contribution in [0.3, 0.4) is 0 Å². The summed E-state index contributed by atoms with van der Waals surface area (Å²) >= 11 is 0. The third-order valence-corrected chi connectivity index (χ3v) is 3.63. The van der Waals surface area contributed by atoms with E-state index in [1.165, 1.54) is 12.8 Å². The molecule has 2 aliphatic heterocycles. The highest BCUT2D eigenvalue weighted by atomic mass is 16.5. The lowest BCUT2D eigenvalue weighted by Crippen LogP contribution is -2.50. The number of amidine groups is 1. The Labute approximate surface area is 102 Å². The molecule has 98 valence electrons. The normalized spacial score (nSPS) is 26.2. The summed E-state index contributed by atoms with van der Waals surface area (Å²) in [6.07, 6.45) is 2.33. The van der Waals surface area contributed by atoms with Gasteiger partial charge in [-0.25, -0.2) is 0 Å². The largest absolute Gasteiger partial charge is 0.409 e. The molecule has 0 unspecified atom stereocenters. The molecule has 2 saturated heterocycles. The molecular weight excluding hydrogens is 220 g/mol. The van der Waals surface area contributed by atoms with Crippen LogP contribution in [0, 0.1) is 0 Å². The molecule has 0 aromatic carbocycles. The molecule has 0 aliphatic carbocycles. The molecule has 0 bridgehead atoms. The fourth-order valence-corrected chi connectivity index (χ4v) is 2.65. The van der Waals surface area contributed by atoms with Gasteiger partial charge in [-0.3, -0.25) is 9.80 Å². The van der Waals surface area contributed by atoms with E-state index >= 15 is 0 Å². The summed E-state index contributed by atoms with van der Waals surface area (Å²) in [6, 6.07) is 0.683. The first-order chi connectivity index (χ1) is 8.29. The van der Waals surface area contributed by atoms with Crippen LogP contribution >= 0.6 is 0 Å². The third-order valence-electron chi connectivity index (χ3n) is 3.63. The topological polar surface area (TPSA) is 74.3 Å². The zero-order valence-electron chi connectivity index (χ0n) is 10.2. The van der Waals surface area contributed by atoms with Crippen LogP contribution in [0.1, 0.15) is 12.8 Å². The van der Waals surface area contributed by atoms with Gasteiger partial charge in [-0.05, 0) is 12.8 Å². The number of hydrogen-bond donors (Lipinski definition) is 2. The molecule has 2 heterocycles. The number of hydrogen-bond acceptors (Lipinski definition) is 5. The minimum Gasteiger partial charge on any atom is -0.409 e. The monoisotopic (exact) mass is 242 g/mol. The van der Waals surface area contributed by atoms with E-state index in [0.29, 0.717) is 18.4 Å². The van der Waals surface area contributed by atoms with Gasteiger partial charge in [0.05, 0.1) is 19.8 Å². The molecule has 0 atom stereocenters. The molecule has 6 nitrogen and oxygen atoms in total. The second-order valence-corrected chi connectivity index (χ2v) is 4.75. The lowest BCUT2D eigenvalue weighted by atomic mass is 10.0. The van der Waals surface area contributed by atoms with Crippen molar-refractivity contribution in [1.82, 2.24) is 9.80 Å². The van der Waals surface area contributed by atoms with Crippen LogP contribution in [-0.4, -0.2) is 72.8 Å². The van der Waals surface area contributed by atoms with Crippen LogP contribution in [0.25, 0.3) is 0 Å². The summed E-state index contributed by atoms with van der Waals surface area (Å²) in [6.45, 7) is 6.48. The Kier molecular flexibility index (Phi) is 4.58. The molecule has 2 fully saturated rings. The average Bonchev–Trinajstić information content (AvgIpc) is 2.40. The predicted molar refractivity (Wildman–Crippen MR) is 65.3 cm³/mol. The molecule has 0 radical (unpaired) electrons. The van der Waals surface area contributed by atoms with Crippen molar-refractivity contribution >= 4 is 5.84 Å². The van der Waals surface area contributed by atoms with E-state index in [0.717, 1.165) is 39.4 Å². The molecular formula is C11H22N4O2. The molecule has 0 spiro atoms. The van der Waals surface area contributed by atoms with Gasteiger partial charge in [0, 0.05) is 32.2 Å².